The molecular formula is C14H19ClN4. The summed E-state index contributed by atoms with van der Waals surface area (Å²) in [6.45, 7) is 8.97. The summed E-state index contributed by atoms with van der Waals surface area (Å²) in [5.41, 5.74) is 3.05. The zero-order chi connectivity index (χ0) is 14.0. The third kappa shape index (κ3) is 3.47. The lowest BCUT2D eigenvalue weighted by Crippen LogP contribution is -2.22. The van der Waals surface area contributed by atoms with Crippen molar-refractivity contribution in [1.29, 1.82) is 0 Å². The fraction of sp³-hybridized carbons (Fsp3) is 0.429. The highest BCUT2D eigenvalue weighted by Crippen LogP contribution is 2.20. The first-order chi connectivity index (χ1) is 8.86. The molecule has 2 aromatic rings. The Morgan fingerprint density at radius 2 is 2.05 bits per heavy atom. The zero-order valence-corrected chi connectivity index (χ0v) is 12.5. The van der Waals surface area contributed by atoms with Crippen LogP contribution in [0.5, 0.6) is 0 Å². The lowest BCUT2D eigenvalue weighted by molar-refractivity contribution is 0.347. The molecular weight excluding hydrogens is 260 g/mol. The average Bonchev–Trinajstić information content (AvgIpc) is 2.79. The van der Waals surface area contributed by atoms with Gasteiger partial charge in [-0.2, -0.15) is 0 Å². The van der Waals surface area contributed by atoms with Gasteiger partial charge in [0, 0.05) is 10.7 Å². The normalized spacial score (nSPS) is 11.6. The van der Waals surface area contributed by atoms with Crippen LogP contribution in [0.2, 0.25) is 5.02 Å². The molecule has 0 spiro atoms. The van der Waals surface area contributed by atoms with E-state index in [2.05, 4.69) is 36.4 Å². The van der Waals surface area contributed by atoms with E-state index < -0.39 is 0 Å². The summed E-state index contributed by atoms with van der Waals surface area (Å²) in [6.07, 6.45) is 1.97. The molecule has 0 bridgehead atoms. The van der Waals surface area contributed by atoms with Gasteiger partial charge in [0.05, 0.1) is 18.3 Å². The number of hydrogen-bond donors (Lipinski definition) is 1. The molecule has 1 heterocycles. The predicted molar refractivity (Wildman–Crippen MR) is 78.5 cm³/mol. The van der Waals surface area contributed by atoms with Crippen LogP contribution < -0.4 is 5.32 Å². The Labute approximate surface area is 118 Å². The van der Waals surface area contributed by atoms with Crippen molar-refractivity contribution in [2.75, 3.05) is 5.32 Å². The number of nitrogens with zero attached hydrogens (tertiary/aromatic N) is 3. The Bertz CT molecular complexity index is 569. The van der Waals surface area contributed by atoms with Crippen LogP contribution in [-0.2, 0) is 12.1 Å². The first kappa shape index (κ1) is 13.9. The lowest BCUT2D eigenvalue weighted by atomic mass is 10.1. The Morgan fingerprint density at radius 1 is 1.32 bits per heavy atom. The van der Waals surface area contributed by atoms with Crippen LogP contribution >= 0.6 is 11.6 Å². The second-order valence-corrected chi connectivity index (χ2v) is 6.07. The molecule has 0 amide bonds. The molecule has 19 heavy (non-hydrogen) atoms. The van der Waals surface area contributed by atoms with Crippen molar-refractivity contribution >= 4 is 17.3 Å². The fourth-order valence-electron chi connectivity index (χ4n) is 1.68. The monoisotopic (exact) mass is 278 g/mol. The third-order valence-corrected chi connectivity index (χ3v) is 3.12. The number of benzene rings is 1. The molecule has 0 radical (unpaired) electrons. The van der Waals surface area contributed by atoms with Crippen LogP contribution in [0.15, 0.2) is 24.4 Å². The first-order valence-electron chi connectivity index (χ1n) is 6.28. The van der Waals surface area contributed by atoms with Crippen molar-refractivity contribution in [1.82, 2.24) is 15.0 Å². The second-order valence-electron chi connectivity index (χ2n) is 5.64. The molecule has 2 rings (SSSR count). The van der Waals surface area contributed by atoms with E-state index in [9.17, 15) is 0 Å². The Morgan fingerprint density at radius 3 is 2.68 bits per heavy atom. The molecule has 0 fully saturated rings. The van der Waals surface area contributed by atoms with Crippen LogP contribution in [0.3, 0.4) is 0 Å². The van der Waals surface area contributed by atoms with Gasteiger partial charge in [0.25, 0.3) is 0 Å². The summed E-state index contributed by atoms with van der Waals surface area (Å²) in [6, 6.07) is 5.81. The number of hydrogen-bond acceptors (Lipinski definition) is 3. The van der Waals surface area contributed by atoms with Gasteiger partial charge in [0.15, 0.2) is 0 Å². The summed E-state index contributed by atoms with van der Waals surface area (Å²) in [5, 5.41) is 12.4. The van der Waals surface area contributed by atoms with E-state index in [4.69, 9.17) is 11.6 Å². The maximum Gasteiger partial charge on any atom is 0.102 e. The summed E-state index contributed by atoms with van der Waals surface area (Å²) in [5.74, 6) is 0. The molecule has 4 nitrogen and oxygen atoms in total. The second kappa shape index (κ2) is 5.21. The maximum atomic E-state index is 5.99. The van der Waals surface area contributed by atoms with Crippen molar-refractivity contribution in [3.05, 3.63) is 40.7 Å². The molecule has 1 aromatic heterocycles. The van der Waals surface area contributed by atoms with Gasteiger partial charge in [-0.15, -0.1) is 5.10 Å². The topological polar surface area (TPSA) is 42.7 Å². The molecule has 0 aliphatic heterocycles. The van der Waals surface area contributed by atoms with Crippen molar-refractivity contribution in [2.24, 2.45) is 0 Å². The van der Waals surface area contributed by atoms with Crippen LogP contribution in [0, 0.1) is 6.92 Å². The zero-order valence-electron chi connectivity index (χ0n) is 11.7. The number of nitrogens with one attached hydrogen (secondary N) is 1. The molecule has 102 valence electrons. The van der Waals surface area contributed by atoms with Crippen molar-refractivity contribution in [2.45, 2.75) is 39.8 Å². The summed E-state index contributed by atoms with van der Waals surface area (Å²) < 4.78 is 1.87. The van der Waals surface area contributed by atoms with E-state index in [-0.39, 0.29) is 5.54 Å². The highest BCUT2D eigenvalue weighted by Gasteiger charge is 2.14. The van der Waals surface area contributed by atoms with Crippen molar-refractivity contribution < 1.29 is 0 Å². The maximum absolute atomic E-state index is 5.99. The minimum absolute atomic E-state index is 0.0444. The highest BCUT2D eigenvalue weighted by atomic mass is 35.5. The number of aromatic nitrogens is 3. The van der Waals surface area contributed by atoms with E-state index in [1.54, 1.807) is 0 Å². The van der Waals surface area contributed by atoms with E-state index >= 15 is 0 Å². The highest BCUT2D eigenvalue weighted by molar-refractivity contribution is 6.30. The molecule has 0 saturated heterocycles. The lowest BCUT2D eigenvalue weighted by Gasteiger charge is -2.17. The van der Waals surface area contributed by atoms with Gasteiger partial charge >= 0.3 is 0 Å². The molecule has 5 heteroatoms. The van der Waals surface area contributed by atoms with Gasteiger partial charge in [0.2, 0.25) is 0 Å². The standard InChI is InChI=1S/C14H19ClN4/c1-10-5-6-11(15)7-13(10)16-8-12-9-19(18-17-12)14(2,3)4/h5-7,9,16H,8H2,1-4H3. The summed E-state index contributed by atoms with van der Waals surface area (Å²) in [4.78, 5) is 0. The fourth-order valence-corrected chi connectivity index (χ4v) is 1.85. The molecule has 0 aliphatic carbocycles. The van der Waals surface area contributed by atoms with E-state index in [1.165, 1.54) is 0 Å². The van der Waals surface area contributed by atoms with Crippen LogP contribution in [-0.4, -0.2) is 15.0 Å². The number of halogens is 1. The minimum atomic E-state index is -0.0444. The first-order valence-corrected chi connectivity index (χ1v) is 6.66. The summed E-state index contributed by atoms with van der Waals surface area (Å²) >= 11 is 5.99. The van der Waals surface area contributed by atoms with E-state index in [0.29, 0.717) is 6.54 Å². The SMILES string of the molecule is Cc1ccc(Cl)cc1NCc1cn(C(C)(C)C)nn1. The number of rotatable bonds is 3. The van der Waals surface area contributed by atoms with Gasteiger partial charge in [-0.1, -0.05) is 22.9 Å². The average molecular weight is 279 g/mol. The van der Waals surface area contributed by atoms with Crippen molar-refractivity contribution in [3.63, 3.8) is 0 Å². The smallest absolute Gasteiger partial charge is 0.102 e. The Balaban J connectivity index is 2.06. The molecule has 0 aliphatic rings. The van der Waals surface area contributed by atoms with E-state index in [0.717, 1.165) is 22.0 Å². The van der Waals surface area contributed by atoms with E-state index in [1.807, 2.05) is 36.0 Å². The summed E-state index contributed by atoms with van der Waals surface area (Å²) in [7, 11) is 0. The Hall–Kier alpha value is -1.55. The molecule has 1 N–H and O–H groups in total. The van der Waals surface area contributed by atoms with Crippen LogP contribution in [0.4, 0.5) is 5.69 Å². The molecule has 1 aromatic carbocycles. The van der Waals surface area contributed by atoms with Gasteiger partial charge in [0.1, 0.15) is 5.69 Å². The van der Waals surface area contributed by atoms with Gasteiger partial charge < -0.3 is 5.32 Å². The van der Waals surface area contributed by atoms with Crippen LogP contribution in [0.1, 0.15) is 32.0 Å². The number of aryl methyl sites for hydroxylation is 1. The quantitative estimate of drug-likeness (QED) is 0.933. The van der Waals surface area contributed by atoms with Gasteiger partial charge in [-0.25, -0.2) is 4.68 Å². The van der Waals surface area contributed by atoms with Crippen LogP contribution in [0.25, 0.3) is 0 Å². The van der Waals surface area contributed by atoms with Gasteiger partial charge in [-0.3, -0.25) is 0 Å². The van der Waals surface area contributed by atoms with Gasteiger partial charge in [-0.05, 0) is 45.4 Å². The molecule has 0 unspecified atom stereocenters. The molecule has 0 saturated carbocycles. The molecule has 0 atom stereocenters. The predicted octanol–water partition coefficient (Wildman–Crippen LogP) is 3.61. The Kier molecular flexibility index (Phi) is 3.80. The van der Waals surface area contributed by atoms with Crippen molar-refractivity contribution in [3.8, 4) is 0 Å². The third-order valence-electron chi connectivity index (χ3n) is 2.89. The minimum Gasteiger partial charge on any atom is -0.379 e. The number of anilines is 1. The largest absolute Gasteiger partial charge is 0.379 e.